The zero-order valence-electron chi connectivity index (χ0n) is 12.7. The average Bonchev–Trinajstić information content (AvgIpc) is 3.14. The van der Waals surface area contributed by atoms with E-state index in [4.69, 9.17) is 5.14 Å². The molecule has 3 N–H and O–H groups in total. The Morgan fingerprint density at radius 1 is 0.960 bits per heavy atom. The van der Waals surface area contributed by atoms with Gasteiger partial charge in [-0.3, -0.25) is 0 Å². The van der Waals surface area contributed by atoms with Crippen molar-refractivity contribution in [2.45, 2.75) is 4.34 Å². The Morgan fingerprint density at radius 2 is 1.52 bits per heavy atom. The van der Waals surface area contributed by atoms with Crippen molar-refractivity contribution in [3.63, 3.8) is 0 Å². The van der Waals surface area contributed by atoms with Crippen LogP contribution in [0.25, 0.3) is 27.3 Å². The summed E-state index contributed by atoms with van der Waals surface area (Å²) in [5, 5.41) is 18.4. The van der Waals surface area contributed by atoms with Gasteiger partial charge in [0.05, 0.1) is 11.9 Å². The van der Waals surface area contributed by atoms with E-state index in [1.54, 1.807) is 18.3 Å². The fourth-order valence-corrected chi connectivity index (χ4v) is 3.93. The molecule has 126 valence electrons. The molecular weight excluding hydrogens is 360 g/mol. The van der Waals surface area contributed by atoms with Crippen LogP contribution in [0.5, 0.6) is 5.75 Å². The Kier molecular flexibility index (Phi) is 3.57. The van der Waals surface area contributed by atoms with Gasteiger partial charge in [0, 0.05) is 5.56 Å². The van der Waals surface area contributed by atoms with Crippen LogP contribution < -0.4 is 5.14 Å². The zero-order valence-corrected chi connectivity index (χ0v) is 14.3. The van der Waals surface area contributed by atoms with Gasteiger partial charge in [0.1, 0.15) is 5.75 Å². The smallest absolute Gasteiger partial charge is 0.267 e. The zero-order chi connectivity index (χ0) is 17.6. The third-order valence-corrected chi connectivity index (χ3v) is 5.88. The summed E-state index contributed by atoms with van der Waals surface area (Å²) in [5.74, 6) is 0.227. The first-order valence-corrected chi connectivity index (χ1v) is 9.55. The molecule has 0 aliphatic heterocycles. The highest BCUT2D eigenvalue weighted by atomic mass is 32.2. The number of phenolic OH excluding ortho intramolecular Hbond substituents is 1. The molecule has 0 unspecified atom stereocenters. The number of nitrogens with zero attached hydrogens (tertiary/aromatic N) is 3. The fraction of sp³-hybridized carbons (Fsp3) is 0. The highest BCUT2D eigenvalue weighted by molar-refractivity contribution is 7.91. The summed E-state index contributed by atoms with van der Waals surface area (Å²) in [6, 6.07) is 14.7. The summed E-state index contributed by atoms with van der Waals surface area (Å²) >= 11 is 0.925. The molecule has 0 fully saturated rings. The van der Waals surface area contributed by atoms with Gasteiger partial charge in [-0.05, 0) is 23.3 Å². The van der Waals surface area contributed by atoms with Crippen LogP contribution in [0.3, 0.4) is 0 Å². The molecule has 0 saturated carbocycles. The van der Waals surface area contributed by atoms with Crippen molar-refractivity contribution < 1.29 is 13.5 Å². The van der Waals surface area contributed by atoms with Crippen molar-refractivity contribution in [2.24, 2.45) is 5.14 Å². The number of rotatable bonds is 3. The highest BCUT2D eigenvalue weighted by Gasteiger charge is 2.17. The SMILES string of the molecule is NS(=O)(=O)c1nn2cc(-c3ccc(-c4ccc(O)cc4)cc3)nc2s1. The first-order valence-electron chi connectivity index (χ1n) is 7.19. The molecule has 9 heteroatoms. The molecule has 0 aliphatic rings. The minimum atomic E-state index is -3.82. The van der Waals surface area contributed by atoms with Crippen molar-refractivity contribution in [3.05, 3.63) is 54.7 Å². The molecule has 25 heavy (non-hydrogen) atoms. The van der Waals surface area contributed by atoms with Crippen molar-refractivity contribution >= 4 is 26.3 Å². The van der Waals surface area contributed by atoms with Gasteiger partial charge in [-0.15, -0.1) is 5.10 Å². The van der Waals surface area contributed by atoms with E-state index < -0.39 is 10.0 Å². The Bertz CT molecular complexity index is 1130. The fourth-order valence-electron chi connectivity index (χ4n) is 2.42. The summed E-state index contributed by atoms with van der Waals surface area (Å²) in [7, 11) is -3.82. The minimum Gasteiger partial charge on any atom is -0.508 e. The number of sulfonamides is 1. The van der Waals surface area contributed by atoms with Crippen LogP contribution >= 0.6 is 11.3 Å². The lowest BCUT2D eigenvalue weighted by atomic mass is 10.0. The highest BCUT2D eigenvalue weighted by Crippen LogP contribution is 2.27. The quantitative estimate of drug-likeness (QED) is 0.574. The molecule has 4 rings (SSSR count). The third-order valence-electron chi connectivity index (χ3n) is 3.65. The Hall–Kier alpha value is -2.75. The van der Waals surface area contributed by atoms with E-state index in [-0.39, 0.29) is 10.1 Å². The number of phenols is 1. The van der Waals surface area contributed by atoms with Gasteiger partial charge in [0.2, 0.25) is 9.30 Å². The Balaban J connectivity index is 1.66. The maximum atomic E-state index is 11.3. The van der Waals surface area contributed by atoms with Crippen LogP contribution in [-0.2, 0) is 10.0 Å². The Morgan fingerprint density at radius 3 is 2.08 bits per heavy atom. The van der Waals surface area contributed by atoms with Gasteiger partial charge in [0.25, 0.3) is 10.0 Å². The normalized spacial score (nSPS) is 11.9. The summed E-state index contributed by atoms with van der Waals surface area (Å²) < 4.78 is 23.9. The molecule has 4 aromatic rings. The second kappa shape index (κ2) is 5.66. The molecule has 0 spiro atoms. The summed E-state index contributed by atoms with van der Waals surface area (Å²) in [6.45, 7) is 0. The number of hydrogen-bond acceptors (Lipinski definition) is 6. The van der Waals surface area contributed by atoms with Crippen LogP contribution in [0, 0.1) is 0 Å². The first kappa shape index (κ1) is 15.8. The summed E-state index contributed by atoms with van der Waals surface area (Å²) in [5.41, 5.74) is 3.59. The number of imidazole rings is 1. The number of primary sulfonamides is 1. The number of aromatic nitrogens is 3. The maximum Gasteiger partial charge on any atom is 0.267 e. The van der Waals surface area contributed by atoms with Crippen LogP contribution in [0.2, 0.25) is 0 Å². The number of nitrogens with two attached hydrogens (primary N) is 1. The van der Waals surface area contributed by atoms with E-state index >= 15 is 0 Å². The van der Waals surface area contributed by atoms with Gasteiger partial charge >= 0.3 is 0 Å². The van der Waals surface area contributed by atoms with E-state index in [1.807, 2.05) is 36.4 Å². The number of benzene rings is 2. The number of aromatic hydroxyl groups is 1. The molecule has 0 saturated heterocycles. The van der Waals surface area contributed by atoms with Crippen molar-refractivity contribution in [2.75, 3.05) is 0 Å². The summed E-state index contributed by atoms with van der Waals surface area (Å²) in [6.07, 6.45) is 1.66. The molecule has 2 heterocycles. The molecule has 0 atom stereocenters. The number of fused-ring (bicyclic) bond motifs is 1. The average molecular weight is 372 g/mol. The van der Waals surface area contributed by atoms with Crippen molar-refractivity contribution in [1.82, 2.24) is 14.6 Å². The van der Waals surface area contributed by atoms with Gasteiger partial charge < -0.3 is 5.11 Å². The summed E-state index contributed by atoms with van der Waals surface area (Å²) in [4.78, 5) is 4.86. The lowest BCUT2D eigenvalue weighted by Gasteiger charge is -2.03. The molecule has 0 aliphatic carbocycles. The first-order chi connectivity index (χ1) is 11.9. The maximum absolute atomic E-state index is 11.3. The van der Waals surface area contributed by atoms with Gasteiger partial charge in [-0.2, -0.15) is 0 Å². The molecule has 7 nitrogen and oxygen atoms in total. The van der Waals surface area contributed by atoms with E-state index in [2.05, 4.69) is 10.1 Å². The van der Waals surface area contributed by atoms with E-state index in [0.29, 0.717) is 10.7 Å². The van der Waals surface area contributed by atoms with Crippen molar-refractivity contribution in [3.8, 4) is 28.1 Å². The lowest BCUT2D eigenvalue weighted by Crippen LogP contribution is -2.12. The van der Waals surface area contributed by atoms with Crippen LogP contribution in [0.1, 0.15) is 0 Å². The molecule has 0 bridgehead atoms. The number of hydrogen-bond donors (Lipinski definition) is 2. The predicted octanol–water partition coefficient (Wildman–Crippen LogP) is 2.48. The van der Waals surface area contributed by atoms with Crippen LogP contribution in [-0.4, -0.2) is 28.1 Å². The molecule has 0 radical (unpaired) electrons. The topological polar surface area (TPSA) is 111 Å². The van der Waals surface area contributed by atoms with Gasteiger partial charge in [0.15, 0.2) is 0 Å². The van der Waals surface area contributed by atoms with E-state index in [0.717, 1.165) is 28.0 Å². The lowest BCUT2D eigenvalue weighted by molar-refractivity contribution is 0.475. The van der Waals surface area contributed by atoms with Crippen molar-refractivity contribution in [1.29, 1.82) is 0 Å². The van der Waals surface area contributed by atoms with Crippen LogP contribution in [0.4, 0.5) is 0 Å². The molecular formula is C16H12N4O3S2. The predicted molar refractivity (Wildman–Crippen MR) is 94.8 cm³/mol. The second-order valence-corrected chi connectivity index (χ2v) is 8.08. The van der Waals surface area contributed by atoms with Crippen LogP contribution in [0.15, 0.2) is 59.1 Å². The standard InChI is InChI=1S/C16H12N4O3S2/c17-25(22,23)16-19-20-9-14(18-15(20)24-16)12-3-1-10(2-4-12)11-5-7-13(21)8-6-11/h1-9,21H,(H2,17,22,23). The molecule has 2 aromatic carbocycles. The van der Waals surface area contributed by atoms with Gasteiger partial charge in [-0.25, -0.2) is 23.1 Å². The second-order valence-electron chi connectivity index (χ2n) is 5.39. The Labute approximate surface area is 147 Å². The largest absolute Gasteiger partial charge is 0.508 e. The molecule has 2 aromatic heterocycles. The van der Waals surface area contributed by atoms with E-state index in [9.17, 15) is 13.5 Å². The minimum absolute atomic E-state index is 0.163. The monoisotopic (exact) mass is 372 g/mol. The van der Waals surface area contributed by atoms with E-state index in [1.165, 1.54) is 4.52 Å². The molecule has 0 amide bonds. The van der Waals surface area contributed by atoms with Gasteiger partial charge in [-0.1, -0.05) is 47.7 Å². The third kappa shape index (κ3) is 3.00.